The molecule has 0 unspecified atom stereocenters. The Balaban J connectivity index is 1.14. The smallest absolute Gasteiger partial charge is 0.251 e. The molecule has 4 aromatic rings. The van der Waals surface area contributed by atoms with Crippen molar-refractivity contribution in [2.24, 2.45) is 0 Å². The maximum atomic E-state index is 12.4. The largest absolute Gasteiger partial charge is 0.467 e. The number of piperazine rings is 1. The van der Waals surface area contributed by atoms with Crippen molar-refractivity contribution in [2.45, 2.75) is 24.1 Å². The van der Waals surface area contributed by atoms with Gasteiger partial charge in [0.25, 0.3) is 5.91 Å². The number of amides is 1. The first-order valence-corrected chi connectivity index (χ1v) is 14.7. The van der Waals surface area contributed by atoms with Crippen LogP contribution in [-0.4, -0.2) is 60.6 Å². The number of nitrogens with one attached hydrogen (secondary N) is 1. The van der Waals surface area contributed by atoms with Crippen LogP contribution in [-0.2, 0) is 23.6 Å². The van der Waals surface area contributed by atoms with E-state index >= 15 is 0 Å². The lowest BCUT2D eigenvalue weighted by molar-refractivity contribution is 0.0948. The summed E-state index contributed by atoms with van der Waals surface area (Å²) in [6, 6.07) is 23.7. The molecule has 1 fully saturated rings. The molecule has 1 aliphatic rings. The Morgan fingerprint density at radius 1 is 1.02 bits per heavy atom. The van der Waals surface area contributed by atoms with Gasteiger partial charge in [-0.05, 0) is 35.4 Å². The molecule has 1 N–H and O–H groups in total. The average molecular weight is 570 g/mol. The van der Waals surface area contributed by atoms with Crippen molar-refractivity contribution in [2.75, 3.05) is 44.7 Å². The van der Waals surface area contributed by atoms with Crippen molar-refractivity contribution in [3.63, 3.8) is 0 Å². The summed E-state index contributed by atoms with van der Waals surface area (Å²) in [6.45, 7) is 5.52. The minimum Gasteiger partial charge on any atom is -0.467 e. The van der Waals surface area contributed by atoms with Crippen LogP contribution in [0.4, 0.5) is 5.82 Å². The molecule has 0 bridgehead atoms. The minimum atomic E-state index is -0.131. The van der Waals surface area contributed by atoms with Crippen LogP contribution in [0.25, 0.3) is 6.08 Å². The molecule has 0 radical (unpaired) electrons. The van der Waals surface area contributed by atoms with E-state index in [2.05, 4.69) is 51.5 Å². The number of furan rings is 1. The number of thioether (sulfide) groups is 1. The van der Waals surface area contributed by atoms with Gasteiger partial charge in [-0.2, -0.15) is 0 Å². The molecular weight excluding hydrogens is 534 g/mol. The van der Waals surface area contributed by atoms with Gasteiger partial charge in [-0.3, -0.25) is 9.69 Å². The van der Waals surface area contributed by atoms with Crippen molar-refractivity contribution in [1.82, 2.24) is 20.2 Å². The number of ether oxygens (including phenoxy) is 1. The number of anilines is 1. The molecule has 1 aliphatic heterocycles. The Morgan fingerprint density at radius 3 is 2.56 bits per heavy atom. The third-order valence-electron chi connectivity index (χ3n) is 6.79. The molecule has 0 aliphatic carbocycles. The summed E-state index contributed by atoms with van der Waals surface area (Å²) in [4.78, 5) is 26.9. The van der Waals surface area contributed by atoms with Gasteiger partial charge in [-0.1, -0.05) is 66.4 Å². The first-order chi connectivity index (χ1) is 20.2. The van der Waals surface area contributed by atoms with Crippen molar-refractivity contribution in [1.29, 1.82) is 0 Å². The molecule has 41 heavy (non-hydrogen) atoms. The van der Waals surface area contributed by atoms with E-state index in [1.807, 2.05) is 42.5 Å². The molecule has 2 aromatic heterocycles. The topological polar surface area (TPSA) is 83.7 Å². The molecule has 8 nitrogen and oxygen atoms in total. The number of nitrogens with zero attached hydrogens (tertiary/aromatic N) is 4. The van der Waals surface area contributed by atoms with E-state index in [0.717, 1.165) is 60.7 Å². The highest BCUT2D eigenvalue weighted by Gasteiger charge is 2.19. The second-order valence-electron chi connectivity index (χ2n) is 9.78. The quantitative estimate of drug-likeness (QED) is 0.182. The van der Waals surface area contributed by atoms with E-state index in [4.69, 9.17) is 19.1 Å². The van der Waals surface area contributed by atoms with Crippen molar-refractivity contribution in [3.8, 4) is 0 Å². The Kier molecular flexibility index (Phi) is 10.2. The standard InChI is InChI=1S/C32H35N5O3S/c1-39-23-28-21-30(37-18-16-36(17-19-37)15-5-9-25-7-3-2-4-8-25)35-32(34-28)41-24-26-11-13-27(14-12-26)31(38)33-22-29-10-6-20-40-29/h2-14,20-21H,15-19,22-24H2,1H3,(H,33,38)/b9-5+. The van der Waals surface area contributed by atoms with Crippen molar-refractivity contribution in [3.05, 3.63) is 113 Å². The lowest BCUT2D eigenvalue weighted by Crippen LogP contribution is -2.46. The summed E-state index contributed by atoms with van der Waals surface area (Å²) in [5, 5.41) is 3.60. The fourth-order valence-electron chi connectivity index (χ4n) is 4.55. The first-order valence-electron chi connectivity index (χ1n) is 13.7. The third kappa shape index (κ3) is 8.53. The maximum absolute atomic E-state index is 12.4. The Labute approximate surface area is 245 Å². The molecule has 5 rings (SSSR count). The molecule has 2 aromatic carbocycles. The first kappa shape index (κ1) is 28.6. The fourth-order valence-corrected chi connectivity index (χ4v) is 5.38. The number of carbonyl (C=O) groups is 1. The van der Waals surface area contributed by atoms with Crippen LogP contribution in [0, 0.1) is 0 Å². The fraction of sp³-hybridized carbons (Fsp3) is 0.281. The molecule has 0 spiro atoms. The van der Waals surface area contributed by atoms with E-state index < -0.39 is 0 Å². The van der Waals surface area contributed by atoms with Gasteiger partial charge in [0.15, 0.2) is 5.16 Å². The van der Waals surface area contributed by atoms with Gasteiger partial charge in [-0.15, -0.1) is 0 Å². The average Bonchev–Trinajstić information content (AvgIpc) is 3.54. The second-order valence-corrected chi connectivity index (χ2v) is 10.7. The lowest BCUT2D eigenvalue weighted by atomic mass is 10.1. The zero-order chi connectivity index (χ0) is 28.3. The van der Waals surface area contributed by atoms with Gasteiger partial charge < -0.3 is 19.4 Å². The van der Waals surface area contributed by atoms with Crippen LogP contribution < -0.4 is 10.2 Å². The number of benzene rings is 2. The molecule has 212 valence electrons. The van der Waals surface area contributed by atoms with Gasteiger partial charge >= 0.3 is 0 Å². The van der Waals surface area contributed by atoms with Gasteiger partial charge in [0.2, 0.25) is 0 Å². The molecule has 1 amide bonds. The number of aromatic nitrogens is 2. The predicted octanol–water partition coefficient (Wildman–Crippen LogP) is 5.27. The Morgan fingerprint density at radius 2 is 1.83 bits per heavy atom. The highest BCUT2D eigenvalue weighted by atomic mass is 32.2. The van der Waals surface area contributed by atoms with E-state index in [-0.39, 0.29) is 5.91 Å². The molecule has 9 heteroatoms. The SMILES string of the molecule is COCc1cc(N2CCN(C/C=C/c3ccccc3)CC2)nc(SCc2ccc(C(=O)NCc3ccco3)cc2)n1. The van der Waals surface area contributed by atoms with Crippen LogP contribution in [0.5, 0.6) is 0 Å². The van der Waals surface area contributed by atoms with Gasteiger partial charge in [0.1, 0.15) is 11.6 Å². The molecular formula is C32H35N5O3S. The van der Waals surface area contributed by atoms with Gasteiger partial charge in [-0.25, -0.2) is 9.97 Å². The van der Waals surface area contributed by atoms with E-state index in [1.54, 1.807) is 31.2 Å². The van der Waals surface area contributed by atoms with Gasteiger partial charge in [0.05, 0.1) is 25.1 Å². The van der Waals surface area contributed by atoms with Gasteiger partial charge in [0, 0.05) is 57.2 Å². The normalized spacial score (nSPS) is 14.0. The highest BCUT2D eigenvalue weighted by Crippen LogP contribution is 2.24. The highest BCUT2D eigenvalue weighted by molar-refractivity contribution is 7.98. The zero-order valence-corrected chi connectivity index (χ0v) is 24.1. The molecule has 0 atom stereocenters. The van der Waals surface area contributed by atoms with E-state index in [1.165, 1.54) is 5.56 Å². The van der Waals surface area contributed by atoms with Crippen LogP contribution in [0.15, 0.2) is 94.7 Å². The summed E-state index contributed by atoms with van der Waals surface area (Å²) >= 11 is 1.59. The Bertz CT molecular complexity index is 1400. The van der Waals surface area contributed by atoms with E-state index in [9.17, 15) is 4.79 Å². The minimum absolute atomic E-state index is 0.131. The van der Waals surface area contributed by atoms with Crippen LogP contribution in [0.2, 0.25) is 0 Å². The summed E-state index contributed by atoms with van der Waals surface area (Å²) < 4.78 is 10.7. The number of methoxy groups -OCH3 is 1. The zero-order valence-electron chi connectivity index (χ0n) is 23.2. The molecule has 1 saturated heterocycles. The maximum Gasteiger partial charge on any atom is 0.251 e. The Hall–Kier alpha value is -3.92. The van der Waals surface area contributed by atoms with Crippen LogP contribution in [0.1, 0.15) is 32.9 Å². The van der Waals surface area contributed by atoms with Crippen LogP contribution >= 0.6 is 11.8 Å². The molecule has 3 heterocycles. The summed E-state index contributed by atoms with van der Waals surface area (Å²) in [7, 11) is 1.68. The monoisotopic (exact) mass is 569 g/mol. The number of hydrogen-bond donors (Lipinski definition) is 1. The number of carbonyl (C=O) groups excluding carboxylic acids is 1. The van der Waals surface area contributed by atoms with E-state index in [0.29, 0.717) is 24.5 Å². The predicted molar refractivity (Wildman–Crippen MR) is 163 cm³/mol. The van der Waals surface area contributed by atoms with Crippen molar-refractivity contribution < 1.29 is 13.9 Å². The summed E-state index contributed by atoms with van der Waals surface area (Å²) in [5.74, 6) is 2.23. The van der Waals surface area contributed by atoms with Crippen LogP contribution in [0.3, 0.4) is 0 Å². The second kappa shape index (κ2) is 14.6. The third-order valence-corrected chi connectivity index (χ3v) is 7.71. The molecule has 0 saturated carbocycles. The summed E-state index contributed by atoms with van der Waals surface area (Å²) in [5.41, 5.74) is 3.81. The number of rotatable bonds is 12. The lowest BCUT2D eigenvalue weighted by Gasteiger charge is -2.35. The van der Waals surface area contributed by atoms with Crippen molar-refractivity contribution >= 4 is 29.6 Å². The summed E-state index contributed by atoms with van der Waals surface area (Å²) in [6.07, 6.45) is 6.02. The number of hydrogen-bond acceptors (Lipinski definition) is 8.